The van der Waals surface area contributed by atoms with Crippen LogP contribution >= 0.6 is 0 Å². The normalized spacial score (nSPS) is 16.7. The largest absolute Gasteiger partial charge is 0.454 e. The first-order valence-corrected chi connectivity index (χ1v) is 23.2. The lowest BCUT2D eigenvalue weighted by Crippen LogP contribution is -2.53. The van der Waals surface area contributed by atoms with Crippen molar-refractivity contribution in [3.05, 3.63) is 48.0 Å². The van der Waals surface area contributed by atoms with Crippen LogP contribution in [-0.2, 0) is 43.4 Å². The molecule has 2 aromatic carbocycles. The lowest BCUT2D eigenvalue weighted by atomic mass is 9.87. The molecule has 336 valence electrons. The van der Waals surface area contributed by atoms with Crippen molar-refractivity contribution in [2.75, 3.05) is 31.2 Å². The van der Waals surface area contributed by atoms with Crippen LogP contribution in [0.3, 0.4) is 0 Å². The summed E-state index contributed by atoms with van der Waals surface area (Å²) >= 11 is 0. The van der Waals surface area contributed by atoms with E-state index in [0.717, 1.165) is 12.8 Å². The molecule has 0 bridgehead atoms. The molecule has 0 spiro atoms. The van der Waals surface area contributed by atoms with Gasteiger partial charge in [-0.1, -0.05) is 59.7 Å². The Hall–Kier alpha value is -3.69. The first-order valence-electron chi connectivity index (χ1n) is 21.8. The van der Waals surface area contributed by atoms with Crippen LogP contribution in [0, 0.1) is 0 Å². The number of anilines is 1. The lowest BCUT2D eigenvalue weighted by Gasteiger charge is -2.36. The zero-order chi connectivity index (χ0) is 45.1. The van der Waals surface area contributed by atoms with Crippen LogP contribution < -0.4 is 14.4 Å². The number of carbonyl (C=O) groups excluding carboxylic acids is 4. The predicted molar refractivity (Wildman–Crippen MR) is 232 cm³/mol. The Morgan fingerprint density at radius 2 is 1.17 bits per heavy atom. The number of para-hydroxylation sites is 1. The highest BCUT2D eigenvalue weighted by Gasteiger charge is 2.46. The SMILES string of the molecule is CCOC(CC)(CC)C(=O)C(C)OC(C)(CC)C(=O)NS(=O)(=O)c1cc(C(=O)C(C)(CC)OC(C)C(=O)C(CC)(CC)OCC)cc(N2CCCC2)c1Oc1ccccc1. The first-order chi connectivity index (χ1) is 28.3. The van der Waals surface area contributed by atoms with Crippen molar-refractivity contribution in [3.63, 3.8) is 0 Å². The quantitative estimate of drug-likeness (QED) is 0.0899. The Labute approximate surface area is 358 Å². The topological polar surface area (TPSA) is 164 Å². The molecule has 4 unspecified atom stereocenters. The number of sulfonamides is 1. The summed E-state index contributed by atoms with van der Waals surface area (Å²) in [7, 11) is -4.84. The highest BCUT2D eigenvalue weighted by molar-refractivity contribution is 7.90. The summed E-state index contributed by atoms with van der Waals surface area (Å²) in [5.41, 5.74) is -5.26. The third-order valence-electron chi connectivity index (χ3n) is 12.2. The van der Waals surface area contributed by atoms with Gasteiger partial charge in [0.25, 0.3) is 15.9 Å². The van der Waals surface area contributed by atoms with E-state index < -0.39 is 61.2 Å². The van der Waals surface area contributed by atoms with Crippen LogP contribution in [0.1, 0.15) is 145 Å². The van der Waals surface area contributed by atoms with Gasteiger partial charge in [0, 0.05) is 31.9 Å². The number of carbonyl (C=O) groups is 4. The molecule has 1 saturated heterocycles. The van der Waals surface area contributed by atoms with Gasteiger partial charge in [-0.15, -0.1) is 0 Å². The van der Waals surface area contributed by atoms with E-state index >= 15 is 0 Å². The monoisotopic (exact) mass is 858 g/mol. The summed E-state index contributed by atoms with van der Waals surface area (Å²) in [4.78, 5) is 58.1. The Morgan fingerprint density at radius 3 is 1.60 bits per heavy atom. The summed E-state index contributed by atoms with van der Waals surface area (Å²) < 4.78 is 62.5. The molecule has 3 rings (SSSR count). The summed E-state index contributed by atoms with van der Waals surface area (Å²) in [6, 6.07) is 11.4. The molecule has 1 amide bonds. The number of nitrogens with one attached hydrogen (secondary N) is 1. The van der Waals surface area contributed by atoms with Gasteiger partial charge in [0.2, 0.25) is 0 Å². The molecule has 0 aromatic heterocycles. The average molecular weight is 859 g/mol. The van der Waals surface area contributed by atoms with E-state index in [0.29, 0.717) is 63.4 Å². The highest BCUT2D eigenvalue weighted by atomic mass is 32.2. The Kier molecular flexibility index (Phi) is 18.1. The molecule has 0 radical (unpaired) electrons. The molecule has 1 N–H and O–H groups in total. The molecule has 4 atom stereocenters. The summed E-state index contributed by atoms with van der Waals surface area (Å²) in [5, 5.41) is 0. The fourth-order valence-corrected chi connectivity index (χ4v) is 9.18. The van der Waals surface area contributed by atoms with Crippen LogP contribution in [0.4, 0.5) is 5.69 Å². The molecule has 0 aliphatic carbocycles. The average Bonchev–Trinajstić information content (AvgIpc) is 3.79. The number of rotatable bonds is 26. The van der Waals surface area contributed by atoms with E-state index in [1.165, 1.54) is 19.9 Å². The molecule has 0 saturated carbocycles. The van der Waals surface area contributed by atoms with E-state index in [2.05, 4.69) is 4.72 Å². The second-order valence-corrected chi connectivity index (χ2v) is 17.5. The molecule has 2 aromatic rings. The van der Waals surface area contributed by atoms with Crippen LogP contribution in [0.2, 0.25) is 0 Å². The van der Waals surface area contributed by atoms with Crippen LogP contribution in [0.15, 0.2) is 47.4 Å². The molecular formula is C46H70N2O11S. The predicted octanol–water partition coefficient (Wildman–Crippen LogP) is 8.54. The molecule has 60 heavy (non-hydrogen) atoms. The minimum Gasteiger partial charge on any atom is -0.454 e. The second kappa shape index (κ2) is 21.4. The third-order valence-corrected chi connectivity index (χ3v) is 13.5. The number of ketones is 3. The summed E-state index contributed by atoms with van der Waals surface area (Å²) in [6.45, 7) is 22.3. The van der Waals surface area contributed by atoms with Gasteiger partial charge < -0.3 is 28.6 Å². The number of benzene rings is 2. The molecule has 1 heterocycles. The van der Waals surface area contributed by atoms with Crippen molar-refractivity contribution >= 4 is 39.0 Å². The Balaban J connectivity index is 2.20. The third kappa shape index (κ3) is 11.0. The minimum absolute atomic E-state index is 0.0144. The number of amides is 1. The van der Waals surface area contributed by atoms with Crippen molar-refractivity contribution in [2.24, 2.45) is 0 Å². The van der Waals surface area contributed by atoms with Gasteiger partial charge in [-0.3, -0.25) is 19.2 Å². The van der Waals surface area contributed by atoms with Crippen LogP contribution in [0.5, 0.6) is 11.5 Å². The fraction of sp³-hybridized carbons (Fsp3) is 0.652. The van der Waals surface area contributed by atoms with Crippen molar-refractivity contribution in [1.82, 2.24) is 4.72 Å². The van der Waals surface area contributed by atoms with E-state index in [9.17, 15) is 27.6 Å². The van der Waals surface area contributed by atoms with E-state index in [-0.39, 0.29) is 35.7 Å². The van der Waals surface area contributed by atoms with E-state index in [4.69, 9.17) is 23.7 Å². The number of Topliss-reactive ketones (excluding diaryl/α,β-unsaturated/α-hetero) is 3. The molecule has 1 fully saturated rings. The van der Waals surface area contributed by atoms with Crippen molar-refractivity contribution in [2.45, 2.75) is 174 Å². The maximum Gasteiger partial charge on any atom is 0.267 e. The standard InChI is InChI=1S/C46H70N2O11S/c1-13-43(11,58-32(9)39(49)45(15-3,16-4)55-19-7)41(51)34-30-36(48-28-24-25-29-48)38(57-35-26-22-21-23-27-35)37(31-34)60(53,54)47-42(52)44(12,14-2)59-33(10)40(50)46(17-5,18-6)56-20-8/h21-23,26-27,30-33H,13-20,24-25,28-29H2,1-12H3,(H,47,52). The number of nitrogens with zero attached hydrogens (tertiary/aromatic N) is 1. The van der Waals surface area contributed by atoms with Gasteiger partial charge in [0.15, 0.2) is 23.1 Å². The van der Waals surface area contributed by atoms with E-state index in [1.54, 1.807) is 71.0 Å². The number of hydrogen-bond donors (Lipinski definition) is 1. The van der Waals surface area contributed by atoms with Crippen molar-refractivity contribution in [3.8, 4) is 11.5 Å². The minimum atomic E-state index is -4.84. The van der Waals surface area contributed by atoms with Crippen molar-refractivity contribution in [1.29, 1.82) is 0 Å². The van der Waals surface area contributed by atoms with Crippen LogP contribution in [-0.4, -0.2) is 92.6 Å². The van der Waals surface area contributed by atoms with Gasteiger partial charge in [-0.25, -0.2) is 13.1 Å². The van der Waals surface area contributed by atoms with E-state index in [1.807, 2.05) is 39.5 Å². The van der Waals surface area contributed by atoms with Crippen molar-refractivity contribution < 1.29 is 51.3 Å². The van der Waals surface area contributed by atoms with Gasteiger partial charge in [-0.05, 0) is 117 Å². The molecule has 1 aliphatic rings. The van der Waals surface area contributed by atoms with Crippen LogP contribution in [0.25, 0.3) is 0 Å². The first kappa shape index (κ1) is 50.7. The van der Waals surface area contributed by atoms with Gasteiger partial charge >= 0.3 is 0 Å². The van der Waals surface area contributed by atoms with Gasteiger partial charge in [0.1, 0.15) is 45.3 Å². The lowest BCUT2D eigenvalue weighted by molar-refractivity contribution is -0.171. The maximum absolute atomic E-state index is 14.8. The smallest absolute Gasteiger partial charge is 0.267 e. The fourth-order valence-electron chi connectivity index (χ4n) is 7.93. The second-order valence-electron chi connectivity index (χ2n) is 15.9. The van der Waals surface area contributed by atoms with Gasteiger partial charge in [0.05, 0.1) is 5.69 Å². The molecular weight excluding hydrogens is 789 g/mol. The Bertz CT molecular complexity index is 1890. The summed E-state index contributed by atoms with van der Waals surface area (Å²) in [5.74, 6) is -1.96. The summed E-state index contributed by atoms with van der Waals surface area (Å²) in [6.07, 6.45) is 1.23. The molecule has 1 aliphatic heterocycles. The maximum atomic E-state index is 14.8. The molecule has 13 nitrogen and oxygen atoms in total. The zero-order valence-electron chi connectivity index (χ0n) is 38.0. The molecule has 14 heteroatoms. The Morgan fingerprint density at radius 1 is 0.700 bits per heavy atom. The highest BCUT2D eigenvalue weighted by Crippen LogP contribution is 2.42. The number of ether oxygens (including phenoxy) is 5. The zero-order valence-corrected chi connectivity index (χ0v) is 38.8. The number of hydrogen-bond acceptors (Lipinski definition) is 12. The van der Waals surface area contributed by atoms with Gasteiger partial charge in [-0.2, -0.15) is 0 Å².